The molecule has 1 aromatic heterocycles. The first kappa shape index (κ1) is 22.9. The molecule has 2 heterocycles. The van der Waals surface area contributed by atoms with Gasteiger partial charge in [-0.3, -0.25) is 4.72 Å². The molecule has 0 atom stereocenters. The van der Waals surface area contributed by atoms with Gasteiger partial charge in [-0.1, -0.05) is 17.7 Å². The highest BCUT2D eigenvalue weighted by molar-refractivity contribution is 7.92. The fraction of sp³-hybridized carbons (Fsp3) is 0.273. The number of methoxy groups -OCH3 is 1. The minimum Gasteiger partial charge on any atom is -0.495 e. The Morgan fingerprint density at radius 1 is 1.09 bits per heavy atom. The van der Waals surface area contributed by atoms with Crippen LogP contribution in [0.5, 0.6) is 5.75 Å². The maximum Gasteiger partial charge on any atom is 0.335 e. The molecule has 2 N–H and O–H groups in total. The van der Waals surface area contributed by atoms with E-state index in [0.717, 1.165) is 26.2 Å². The number of hydrogen-bond acceptors (Lipinski definition) is 8. The average molecular weight is 489 g/mol. The fourth-order valence-corrected chi connectivity index (χ4v) is 5.76. The fourth-order valence-electron chi connectivity index (χ4n) is 3.54. The largest absolute Gasteiger partial charge is 0.495 e. The first-order valence-corrected chi connectivity index (χ1v) is 12.6. The molecule has 3 aromatic rings. The Hall–Kier alpha value is -3.31. The van der Waals surface area contributed by atoms with Gasteiger partial charge in [-0.15, -0.1) is 11.3 Å². The second-order valence-corrected chi connectivity index (χ2v) is 10.1. The number of thiazole rings is 1. The summed E-state index contributed by atoms with van der Waals surface area (Å²) in [4.78, 5) is 19.9. The van der Waals surface area contributed by atoms with Crippen LogP contribution >= 0.6 is 11.3 Å². The van der Waals surface area contributed by atoms with Crippen LogP contribution in [0.4, 0.5) is 16.5 Å². The highest BCUT2D eigenvalue weighted by atomic mass is 32.2. The Kier molecular flexibility index (Phi) is 6.43. The summed E-state index contributed by atoms with van der Waals surface area (Å²) in [5.41, 5.74) is 2.53. The molecule has 4 rings (SSSR count). The summed E-state index contributed by atoms with van der Waals surface area (Å²) >= 11 is 1.28. The summed E-state index contributed by atoms with van der Waals surface area (Å²) in [7, 11) is -2.63. The number of carboxylic acid groups (broad SMARTS) is 1. The van der Waals surface area contributed by atoms with Crippen molar-refractivity contribution in [2.45, 2.75) is 11.9 Å². The number of piperazine rings is 1. The molecule has 0 amide bonds. The third-order valence-electron chi connectivity index (χ3n) is 5.39. The molecule has 9 nitrogen and oxygen atoms in total. The number of hydrogen-bond donors (Lipinski definition) is 2. The molecule has 1 aliphatic rings. The van der Waals surface area contributed by atoms with Crippen LogP contribution in [-0.2, 0) is 10.0 Å². The standard InChI is InChI=1S/C22H24N4O5S2/c1-15-3-6-17(7-4-15)25-9-11-26(12-10-25)22-23-20(14-32-22)33(29,30)24-18-8-5-16(21(27)28)13-19(18)31-2/h3-8,13-14,24H,9-12H2,1-2H3,(H,27,28). The first-order valence-electron chi connectivity index (χ1n) is 10.2. The summed E-state index contributed by atoms with van der Waals surface area (Å²) in [5.74, 6) is -1.02. The van der Waals surface area contributed by atoms with Crippen LogP contribution in [-0.4, -0.2) is 57.8 Å². The van der Waals surface area contributed by atoms with Crippen LogP contribution in [0.25, 0.3) is 0 Å². The maximum atomic E-state index is 12.9. The Labute approximate surface area is 196 Å². The van der Waals surface area contributed by atoms with Gasteiger partial charge in [0.1, 0.15) is 5.75 Å². The van der Waals surface area contributed by atoms with Crippen LogP contribution in [0.15, 0.2) is 52.9 Å². The second-order valence-electron chi connectivity index (χ2n) is 7.60. The van der Waals surface area contributed by atoms with E-state index in [2.05, 4.69) is 50.7 Å². The lowest BCUT2D eigenvalue weighted by atomic mass is 10.2. The molecule has 174 valence electrons. The van der Waals surface area contributed by atoms with Gasteiger partial charge in [-0.05, 0) is 37.3 Å². The summed E-state index contributed by atoms with van der Waals surface area (Å²) in [5, 5.41) is 11.2. The molecule has 0 unspecified atom stereocenters. The van der Waals surface area contributed by atoms with Gasteiger partial charge in [0.05, 0.1) is 18.4 Å². The molecule has 33 heavy (non-hydrogen) atoms. The Morgan fingerprint density at radius 2 is 1.76 bits per heavy atom. The third-order valence-corrected chi connectivity index (χ3v) is 7.69. The van der Waals surface area contributed by atoms with Gasteiger partial charge < -0.3 is 19.6 Å². The Balaban J connectivity index is 1.45. The third kappa shape index (κ3) is 5.04. The van der Waals surface area contributed by atoms with E-state index in [1.807, 2.05) is 0 Å². The van der Waals surface area contributed by atoms with Crippen molar-refractivity contribution >= 4 is 43.8 Å². The number of carboxylic acids is 1. The van der Waals surface area contributed by atoms with Gasteiger partial charge >= 0.3 is 5.97 Å². The zero-order valence-electron chi connectivity index (χ0n) is 18.2. The summed E-state index contributed by atoms with van der Waals surface area (Å²) in [6.07, 6.45) is 0. The highest BCUT2D eigenvalue weighted by Gasteiger charge is 2.24. The van der Waals surface area contributed by atoms with Crippen LogP contribution in [0.2, 0.25) is 0 Å². The van der Waals surface area contributed by atoms with E-state index in [1.165, 1.54) is 53.3 Å². The van der Waals surface area contributed by atoms with E-state index in [0.29, 0.717) is 5.13 Å². The Morgan fingerprint density at radius 3 is 2.39 bits per heavy atom. The van der Waals surface area contributed by atoms with Gasteiger partial charge in [0, 0.05) is 37.2 Å². The molecule has 0 bridgehead atoms. The monoisotopic (exact) mass is 488 g/mol. The lowest BCUT2D eigenvalue weighted by Crippen LogP contribution is -2.46. The minimum absolute atomic E-state index is 0.00415. The topological polar surface area (TPSA) is 112 Å². The van der Waals surface area contributed by atoms with Gasteiger partial charge in [0.15, 0.2) is 10.2 Å². The molecule has 0 aliphatic carbocycles. The molecule has 0 spiro atoms. The van der Waals surface area contributed by atoms with E-state index >= 15 is 0 Å². The molecule has 1 aliphatic heterocycles. The number of aromatic carboxylic acids is 1. The Bertz CT molecular complexity index is 1250. The molecular formula is C22H24N4O5S2. The van der Waals surface area contributed by atoms with Gasteiger partial charge in [-0.2, -0.15) is 8.42 Å². The average Bonchev–Trinajstić information content (AvgIpc) is 3.31. The molecule has 11 heteroatoms. The lowest BCUT2D eigenvalue weighted by molar-refractivity contribution is 0.0696. The van der Waals surface area contributed by atoms with Crippen LogP contribution < -0.4 is 19.3 Å². The van der Waals surface area contributed by atoms with Gasteiger partial charge in [0.2, 0.25) is 0 Å². The van der Waals surface area contributed by atoms with E-state index in [-0.39, 0.29) is 22.0 Å². The summed E-state index contributed by atoms with van der Waals surface area (Å²) in [6.45, 7) is 5.16. The smallest absolute Gasteiger partial charge is 0.335 e. The zero-order valence-corrected chi connectivity index (χ0v) is 19.8. The van der Waals surface area contributed by atoms with Crippen molar-refractivity contribution in [2.75, 3.05) is 47.8 Å². The van der Waals surface area contributed by atoms with Crippen LogP contribution in [0.1, 0.15) is 15.9 Å². The molecular weight excluding hydrogens is 464 g/mol. The number of nitrogens with zero attached hydrogens (tertiary/aromatic N) is 3. The number of benzene rings is 2. The number of ether oxygens (including phenoxy) is 1. The molecule has 2 aromatic carbocycles. The van der Waals surface area contributed by atoms with Gasteiger partial charge in [-0.25, -0.2) is 9.78 Å². The number of nitrogens with one attached hydrogen (secondary N) is 1. The van der Waals surface area contributed by atoms with E-state index in [4.69, 9.17) is 9.84 Å². The first-order chi connectivity index (χ1) is 15.8. The van der Waals surface area contributed by atoms with Crippen molar-refractivity contribution in [3.05, 3.63) is 59.0 Å². The van der Waals surface area contributed by atoms with Crippen LogP contribution in [0, 0.1) is 6.92 Å². The quantitative estimate of drug-likeness (QED) is 0.521. The molecule has 0 radical (unpaired) electrons. The normalized spacial score (nSPS) is 14.2. The van der Waals surface area contributed by atoms with Crippen molar-refractivity contribution in [3.63, 3.8) is 0 Å². The lowest BCUT2D eigenvalue weighted by Gasteiger charge is -2.36. The number of aryl methyl sites for hydroxylation is 1. The van der Waals surface area contributed by atoms with Gasteiger partial charge in [0.25, 0.3) is 10.0 Å². The second kappa shape index (κ2) is 9.28. The maximum absolute atomic E-state index is 12.9. The number of anilines is 3. The van der Waals surface area contributed by atoms with Crippen molar-refractivity contribution in [3.8, 4) is 5.75 Å². The van der Waals surface area contributed by atoms with E-state index < -0.39 is 16.0 Å². The number of carbonyl (C=O) groups is 1. The van der Waals surface area contributed by atoms with Crippen molar-refractivity contribution < 1.29 is 23.1 Å². The zero-order chi connectivity index (χ0) is 23.6. The predicted octanol–water partition coefficient (Wildman–Crippen LogP) is 3.29. The molecule has 1 saturated heterocycles. The SMILES string of the molecule is COc1cc(C(=O)O)ccc1NS(=O)(=O)c1csc(N2CCN(c3ccc(C)cc3)CC2)n1. The summed E-state index contributed by atoms with van der Waals surface area (Å²) < 4.78 is 33.4. The van der Waals surface area contributed by atoms with E-state index in [1.54, 1.807) is 0 Å². The predicted molar refractivity (Wildman–Crippen MR) is 128 cm³/mol. The molecule has 1 fully saturated rings. The summed E-state index contributed by atoms with van der Waals surface area (Å²) in [6, 6.07) is 12.3. The number of sulfonamides is 1. The van der Waals surface area contributed by atoms with Crippen molar-refractivity contribution in [1.82, 2.24) is 4.98 Å². The minimum atomic E-state index is -3.97. The van der Waals surface area contributed by atoms with Crippen LogP contribution in [0.3, 0.4) is 0 Å². The van der Waals surface area contributed by atoms with Crippen molar-refractivity contribution in [1.29, 1.82) is 0 Å². The van der Waals surface area contributed by atoms with E-state index in [9.17, 15) is 13.2 Å². The molecule has 0 saturated carbocycles. The van der Waals surface area contributed by atoms with Crippen molar-refractivity contribution in [2.24, 2.45) is 0 Å². The number of aromatic nitrogens is 1. The highest BCUT2D eigenvalue weighted by Crippen LogP contribution is 2.30. The number of rotatable bonds is 7.